The van der Waals surface area contributed by atoms with Gasteiger partial charge in [-0.2, -0.15) is 11.3 Å². The van der Waals surface area contributed by atoms with Gasteiger partial charge in [0.15, 0.2) is 0 Å². The second kappa shape index (κ2) is 6.87. The van der Waals surface area contributed by atoms with E-state index in [1.54, 1.807) is 11.3 Å². The van der Waals surface area contributed by atoms with Gasteiger partial charge in [-0.3, -0.25) is 14.6 Å². The lowest BCUT2D eigenvalue weighted by atomic mass is 10.2. The molecule has 0 bridgehead atoms. The Bertz CT molecular complexity index is 358. The first-order chi connectivity index (χ1) is 8.78. The Balaban J connectivity index is 1.69. The summed E-state index contributed by atoms with van der Waals surface area (Å²) in [6.45, 7) is 8.33. The van der Waals surface area contributed by atoms with Crippen molar-refractivity contribution < 1.29 is 4.79 Å². The number of hydrogen-bond acceptors (Lipinski definition) is 4. The molecule has 1 aromatic heterocycles. The molecule has 2 rings (SSSR count). The van der Waals surface area contributed by atoms with Crippen molar-refractivity contribution in [2.24, 2.45) is 0 Å². The number of rotatable bonds is 5. The van der Waals surface area contributed by atoms with Crippen molar-refractivity contribution in [2.45, 2.75) is 13.5 Å². The van der Waals surface area contributed by atoms with Crippen molar-refractivity contribution in [1.82, 2.24) is 15.1 Å². The topological polar surface area (TPSA) is 35.6 Å². The molecule has 1 saturated heterocycles. The highest BCUT2D eigenvalue weighted by molar-refractivity contribution is 7.07. The zero-order chi connectivity index (χ0) is 12.8. The second-order valence-electron chi connectivity index (χ2n) is 4.64. The highest BCUT2D eigenvalue weighted by Crippen LogP contribution is 2.11. The first-order valence-electron chi connectivity index (χ1n) is 6.50. The van der Waals surface area contributed by atoms with E-state index in [0.29, 0.717) is 6.54 Å². The van der Waals surface area contributed by atoms with Crippen LogP contribution in [0.25, 0.3) is 0 Å². The summed E-state index contributed by atoms with van der Waals surface area (Å²) in [5, 5.41) is 7.18. The Labute approximate surface area is 113 Å². The second-order valence-corrected chi connectivity index (χ2v) is 5.42. The van der Waals surface area contributed by atoms with E-state index in [1.165, 1.54) is 5.56 Å². The number of nitrogens with one attached hydrogen (secondary N) is 1. The van der Waals surface area contributed by atoms with Crippen LogP contribution in [-0.4, -0.2) is 55.0 Å². The monoisotopic (exact) mass is 267 g/mol. The summed E-state index contributed by atoms with van der Waals surface area (Å²) in [6, 6.07) is 2.19. The molecule has 1 amide bonds. The summed E-state index contributed by atoms with van der Waals surface area (Å²) in [5.74, 6) is 0.142. The molecule has 0 aromatic carbocycles. The Kier molecular flexibility index (Phi) is 5.16. The van der Waals surface area contributed by atoms with Gasteiger partial charge in [0, 0.05) is 39.3 Å². The molecule has 18 heavy (non-hydrogen) atoms. The fraction of sp³-hybridized carbons (Fsp3) is 0.615. The van der Waals surface area contributed by atoms with E-state index >= 15 is 0 Å². The van der Waals surface area contributed by atoms with Gasteiger partial charge in [0.2, 0.25) is 5.91 Å². The van der Waals surface area contributed by atoms with E-state index in [9.17, 15) is 4.79 Å². The lowest BCUT2D eigenvalue weighted by molar-refractivity contribution is -0.122. The van der Waals surface area contributed by atoms with Crippen LogP contribution in [0.2, 0.25) is 0 Å². The van der Waals surface area contributed by atoms with Crippen LogP contribution in [0, 0.1) is 0 Å². The van der Waals surface area contributed by atoms with Crippen LogP contribution in [-0.2, 0) is 11.3 Å². The van der Waals surface area contributed by atoms with E-state index in [0.717, 1.165) is 39.3 Å². The molecule has 0 atom stereocenters. The normalized spacial score (nSPS) is 17.8. The van der Waals surface area contributed by atoms with Crippen molar-refractivity contribution in [3.63, 3.8) is 0 Å². The van der Waals surface area contributed by atoms with E-state index in [4.69, 9.17) is 0 Å². The van der Waals surface area contributed by atoms with Crippen molar-refractivity contribution in [1.29, 1.82) is 0 Å². The van der Waals surface area contributed by atoms with Gasteiger partial charge >= 0.3 is 0 Å². The molecule has 1 aromatic rings. The lowest BCUT2D eigenvalue weighted by Gasteiger charge is -2.34. The predicted octanol–water partition coefficient (Wildman–Crippen LogP) is 1.00. The van der Waals surface area contributed by atoms with Gasteiger partial charge in [0.1, 0.15) is 0 Å². The number of hydrogen-bond donors (Lipinski definition) is 1. The van der Waals surface area contributed by atoms with E-state index in [2.05, 4.69) is 31.9 Å². The molecular formula is C13H21N3OS. The standard InChI is InChI=1S/C13H21N3OS/c1-2-14-13(17)10-16-6-4-15(5-7-16)9-12-3-8-18-11-12/h3,8,11H,2,4-7,9-10H2,1H3,(H,14,17). The lowest BCUT2D eigenvalue weighted by Crippen LogP contribution is -2.49. The third kappa shape index (κ3) is 4.08. The van der Waals surface area contributed by atoms with Gasteiger partial charge in [-0.1, -0.05) is 0 Å². The minimum atomic E-state index is 0.142. The first kappa shape index (κ1) is 13.5. The fourth-order valence-corrected chi connectivity index (χ4v) is 2.86. The molecule has 4 nitrogen and oxygen atoms in total. The zero-order valence-electron chi connectivity index (χ0n) is 10.9. The fourth-order valence-electron chi connectivity index (χ4n) is 2.20. The molecular weight excluding hydrogens is 246 g/mol. The highest BCUT2D eigenvalue weighted by Gasteiger charge is 2.18. The highest BCUT2D eigenvalue weighted by atomic mass is 32.1. The van der Waals surface area contributed by atoms with Crippen molar-refractivity contribution >= 4 is 17.2 Å². The summed E-state index contributed by atoms with van der Waals surface area (Å²) in [4.78, 5) is 16.2. The molecule has 100 valence electrons. The third-order valence-corrected chi connectivity index (χ3v) is 3.92. The Morgan fingerprint density at radius 2 is 2.06 bits per heavy atom. The van der Waals surface area contributed by atoms with Gasteiger partial charge in [-0.25, -0.2) is 0 Å². The van der Waals surface area contributed by atoms with Gasteiger partial charge in [-0.05, 0) is 29.3 Å². The van der Waals surface area contributed by atoms with Crippen LogP contribution in [0.3, 0.4) is 0 Å². The zero-order valence-corrected chi connectivity index (χ0v) is 11.7. The SMILES string of the molecule is CCNC(=O)CN1CCN(Cc2ccsc2)CC1. The van der Waals surface area contributed by atoms with Crippen LogP contribution in [0.1, 0.15) is 12.5 Å². The summed E-state index contributed by atoms with van der Waals surface area (Å²) >= 11 is 1.75. The average Bonchev–Trinajstić information content (AvgIpc) is 2.85. The molecule has 5 heteroatoms. The van der Waals surface area contributed by atoms with Crippen molar-refractivity contribution in [2.75, 3.05) is 39.3 Å². The predicted molar refractivity (Wildman–Crippen MR) is 74.7 cm³/mol. The molecule has 1 aliphatic rings. The number of piperazine rings is 1. The van der Waals surface area contributed by atoms with Gasteiger partial charge in [0.05, 0.1) is 6.54 Å². The maximum absolute atomic E-state index is 11.5. The van der Waals surface area contributed by atoms with Crippen molar-refractivity contribution in [3.8, 4) is 0 Å². The number of thiophene rings is 1. The van der Waals surface area contributed by atoms with Gasteiger partial charge in [0.25, 0.3) is 0 Å². The molecule has 0 unspecified atom stereocenters. The molecule has 1 aliphatic heterocycles. The first-order valence-corrected chi connectivity index (χ1v) is 7.44. The molecule has 0 spiro atoms. The number of nitrogens with zero attached hydrogens (tertiary/aromatic N) is 2. The molecule has 0 aliphatic carbocycles. The summed E-state index contributed by atoms with van der Waals surface area (Å²) < 4.78 is 0. The van der Waals surface area contributed by atoms with E-state index < -0.39 is 0 Å². The number of amides is 1. The van der Waals surface area contributed by atoms with Crippen molar-refractivity contribution in [3.05, 3.63) is 22.4 Å². The Morgan fingerprint density at radius 1 is 1.33 bits per heavy atom. The summed E-state index contributed by atoms with van der Waals surface area (Å²) in [7, 11) is 0. The largest absolute Gasteiger partial charge is 0.355 e. The van der Waals surface area contributed by atoms with Crippen LogP contribution in [0.5, 0.6) is 0 Å². The molecule has 0 radical (unpaired) electrons. The number of likely N-dealkylation sites (N-methyl/N-ethyl adjacent to an activating group) is 1. The molecule has 0 saturated carbocycles. The summed E-state index contributed by atoms with van der Waals surface area (Å²) in [6.07, 6.45) is 0. The minimum Gasteiger partial charge on any atom is -0.355 e. The molecule has 2 heterocycles. The maximum Gasteiger partial charge on any atom is 0.234 e. The van der Waals surface area contributed by atoms with E-state index in [1.807, 2.05) is 6.92 Å². The maximum atomic E-state index is 11.5. The smallest absolute Gasteiger partial charge is 0.234 e. The van der Waals surface area contributed by atoms with E-state index in [-0.39, 0.29) is 5.91 Å². The van der Waals surface area contributed by atoms with Gasteiger partial charge in [-0.15, -0.1) is 0 Å². The van der Waals surface area contributed by atoms with Crippen LogP contribution >= 0.6 is 11.3 Å². The summed E-state index contributed by atoms with van der Waals surface area (Å²) in [5.41, 5.74) is 1.40. The Hall–Kier alpha value is -0.910. The number of carbonyl (C=O) groups excluding carboxylic acids is 1. The number of carbonyl (C=O) groups is 1. The average molecular weight is 267 g/mol. The quantitative estimate of drug-likeness (QED) is 0.864. The van der Waals surface area contributed by atoms with Crippen LogP contribution < -0.4 is 5.32 Å². The van der Waals surface area contributed by atoms with Crippen LogP contribution in [0.4, 0.5) is 0 Å². The third-order valence-electron chi connectivity index (χ3n) is 3.19. The minimum absolute atomic E-state index is 0.142. The molecule has 1 N–H and O–H groups in total. The Morgan fingerprint density at radius 3 is 2.67 bits per heavy atom. The van der Waals surface area contributed by atoms with Gasteiger partial charge < -0.3 is 5.32 Å². The molecule has 1 fully saturated rings. The van der Waals surface area contributed by atoms with Crippen LogP contribution in [0.15, 0.2) is 16.8 Å².